The van der Waals surface area contributed by atoms with Crippen molar-refractivity contribution < 1.29 is 22.1 Å². The molecule has 0 radical (unpaired) electrons. The van der Waals surface area contributed by atoms with Gasteiger partial charge in [-0.3, -0.25) is 0 Å². The Balaban J connectivity index is 0.00000121. The average Bonchev–Trinajstić information content (AvgIpc) is 2.56. The van der Waals surface area contributed by atoms with Crippen LogP contribution in [0.15, 0.2) is 91.0 Å². The van der Waals surface area contributed by atoms with Crippen molar-refractivity contribution in [3.05, 3.63) is 108 Å². The molecule has 106 valence electrons. The van der Waals surface area contributed by atoms with E-state index in [4.69, 9.17) is 0 Å². The molecule has 0 unspecified atom stereocenters. The quantitative estimate of drug-likeness (QED) is 0.473. The fourth-order valence-electron chi connectivity index (χ4n) is 2.52. The first-order chi connectivity index (χ1) is 9.82. The molecule has 1 nitrogen and oxygen atoms in total. The molecule has 0 heterocycles. The van der Waals surface area contributed by atoms with Crippen LogP contribution in [0.25, 0.3) is 0 Å². The maximum atomic E-state index is 13.7. The molecular formula is C19H15BrMgO. The van der Waals surface area contributed by atoms with Crippen LogP contribution in [0.4, 0.5) is 0 Å². The van der Waals surface area contributed by atoms with Crippen LogP contribution in [0.2, 0.25) is 0 Å². The SMILES string of the molecule is [Br-].[Mg+2].[O-]C(c1ccccc1)(c1ccccc1)c1ccccc1. The van der Waals surface area contributed by atoms with E-state index in [2.05, 4.69) is 0 Å². The third-order valence-corrected chi connectivity index (χ3v) is 3.54. The van der Waals surface area contributed by atoms with Crippen molar-refractivity contribution in [2.24, 2.45) is 0 Å². The molecule has 0 aliphatic heterocycles. The molecule has 0 saturated heterocycles. The second-order valence-electron chi connectivity index (χ2n) is 4.78. The molecule has 0 atom stereocenters. The second kappa shape index (κ2) is 8.49. The second-order valence-corrected chi connectivity index (χ2v) is 4.78. The van der Waals surface area contributed by atoms with Crippen LogP contribution in [0, 0.1) is 0 Å². The molecule has 0 aliphatic carbocycles. The third-order valence-electron chi connectivity index (χ3n) is 3.54. The number of halogens is 1. The largest absolute Gasteiger partial charge is 2.00 e. The van der Waals surface area contributed by atoms with Gasteiger partial charge >= 0.3 is 23.1 Å². The molecule has 0 fully saturated rings. The van der Waals surface area contributed by atoms with Crippen LogP contribution in [0.1, 0.15) is 16.7 Å². The Morgan fingerprint density at radius 3 is 0.955 bits per heavy atom. The van der Waals surface area contributed by atoms with Gasteiger partial charge in [-0.1, -0.05) is 91.0 Å². The molecule has 0 bridgehead atoms. The van der Waals surface area contributed by atoms with Gasteiger partial charge in [0.25, 0.3) is 0 Å². The number of hydrogen-bond acceptors (Lipinski definition) is 1. The summed E-state index contributed by atoms with van der Waals surface area (Å²) in [5, 5.41) is 13.7. The molecule has 3 rings (SSSR count). The minimum Gasteiger partial charge on any atom is -1.00 e. The monoisotopic (exact) mass is 362 g/mol. The van der Waals surface area contributed by atoms with Gasteiger partial charge in [-0.2, -0.15) is 0 Å². The number of rotatable bonds is 3. The van der Waals surface area contributed by atoms with E-state index in [0.29, 0.717) is 0 Å². The fraction of sp³-hybridized carbons (Fsp3) is 0.0526. The Labute approximate surface area is 157 Å². The maximum Gasteiger partial charge on any atom is 2.00 e. The van der Waals surface area contributed by atoms with Crippen LogP contribution >= 0.6 is 0 Å². The number of hydrogen-bond donors (Lipinski definition) is 0. The van der Waals surface area contributed by atoms with Crippen molar-refractivity contribution >= 4 is 23.1 Å². The first-order valence-corrected chi connectivity index (χ1v) is 6.69. The maximum absolute atomic E-state index is 13.7. The standard InChI is InChI=1S/C19H15O.BrH.Mg/c20-19(16-10-4-1-5-11-16,17-12-6-2-7-13-17)18-14-8-3-9-15-18;;/h1-15H;1H;/q-1;;+2/p-1. The van der Waals surface area contributed by atoms with Crippen LogP contribution in [-0.2, 0) is 5.60 Å². The summed E-state index contributed by atoms with van der Waals surface area (Å²) in [6.07, 6.45) is 0. The van der Waals surface area contributed by atoms with Crippen molar-refractivity contribution in [3.63, 3.8) is 0 Å². The van der Waals surface area contributed by atoms with Gasteiger partial charge in [0.05, 0.1) is 0 Å². The van der Waals surface area contributed by atoms with Gasteiger partial charge in [-0.25, -0.2) is 0 Å². The van der Waals surface area contributed by atoms with Crippen molar-refractivity contribution in [1.82, 2.24) is 0 Å². The molecule has 0 N–H and O–H groups in total. The summed E-state index contributed by atoms with van der Waals surface area (Å²) in [7, 11) is 0. The molecule has 22 heavy (non-hydrogen) atoms. The molecule has 0 aliphatic rings. The first kappa shape index (κ1) is 18.9. The summed E-state index contributed by atoms with van der Waals surface area (Å²) >= 11 is 0. The van der Waals surface area contributed by atoms with Gasteiger partial charge < -0.3 is 22.1 Å². The summed E-state index contributed by atoms with van der Waals surface area (Å²) in [4.78, 5) is 0. The normalized spacial score (nSPS) is 10.2. The predicted molar refractivity (Wildman–Crippen MR) is 85.0 cm³/mol. The van der Waals surface area contributed by atoms with Crippen LogP contribution in [0.3, 0.4) is 0 Å². The molecule has 0 aromatic heterocycles. The van der Waals surface area contributed by atoms with E-state index in [1.54, 1.807) is 0 Å². The number of benzene rings is 3. The predicted octanol–water partition coefficient (Wildman–Crippen LogP) is -0.0380. The van der Waals surface area contributed by atoms with Gasteiger partial charge in [-0.05, 0) is 22.3 Å². The Morgan fingerprint density at radius 1 is 0.500 bits per heavy atom. The Bertz CT molecular complexity index is 575. The molecular weight excluding hydrogens is 348 g/mol. The summed E-state index contributed by atoms with van der Waals surface area (Å²) in [6, 6.07) is 28.6. The zero-order valence-corrected chi connectivity index (χ0v) is 15.2. The molecule has 3 aromatic carbocycles. The zero-order chi connectivity index (χ0) is 13.8. The Kier molecular flexibility index (Phi) is 7.30. The first-order valence-electron chi connectivity index (χ1n) is 6.69. The van der Waals surface area contributed by atoms with E-state index in [1.807, 2.05) is 91.0 Å². The molecule has 0 spiro atoms. The van der Waals surface area contributed by atoms with Crippen molar-refractivity contribution in [1.29, 1.82) is 0 Å². The molecule has 0 amide bonds. The van der Waals surface area contributed by atoms with Crippen LogP contribution in [0.5, 0.6) is 0 Å². The summed E-state index contributed by atoms with van der Waals surface area (Å²) in [5.74, 6) is 0. The van der Waals surface area contributed by atoms with Gasteiger partial charge in [0, 0.05) is 0 Å². The summed E-state index contributed by atoms with van der Waals surface area (Å²) < 4.78 is 0. The zero-order valence-electron chi connectivity index (χ0n) is 12.2. The van der Waals surface area contributed by atoms with E-state index in [0.717, 1.165) is 16.7 Å². The van der Waals surface area contributed by atoms with Crippen LogP contribution in [-0.4, -0.2) is 23.1 Å². The van der Waals surface area contributed by atoms with E-state index in [9.17, 15) is 5.11 Å². The van der Waals surface area contributed by atoms with E-state index < -0.39 is 5.60 Å². The van der Waals surface area contributed by atoms with Gasteiger partial charge in [-0.15, -0.1) is 0 Å². The average molecular weight is 364 g/mol. The van der Waals surface area contributed by atoms with E-state index >= 15 is 0 Å². The molecule has 3 aromatic rings. The smallest absolute Gasteiger partial charge is 1.00 e. The third kappa shape index (κ3) is 3.61. The summed E-state index contributed by atoms with van der Waals surface area (Å²) in [5.41, 5.74) is 0.913. The van der Waals surface area contributed by atoms with E-state index in [1.165, 1.54) is 0 Å². The topological polar surface area (TPSA) is 23.1 Å². The van der Waals surface area contributed by atoms with Crippen molar-refractivity contribution in [2.45, 2.75) is 5.60 Å². The van der Waals surface area contributed by atoms with Crippen LogP contribution < -0.4 is 22.1 Å². The molecule has 3 heteroatoms. The fourth-order valence-corrected chi connectivity index (χ4v) is 2.52. The van der Waals surface area contributed by atoms with Crippen molar-refractivity contribution in [2.75, 3.05) is 0 Å². The van der Waals surface area contributed by atoms with Gasteiger partial charge in [0.1, 0.15) is 0 Å². The summed E-state index contributed by atoms with van der Waals surface area (Å²) in [6.45, 7) is 0. The van der Waals surface area contributed by atoms with Crippen molar-refractivity contribution in [3.8, 4) is 0 Å². The molecule has 0 saturated carbocycles. The Hall–Kier alpha value is -1.13. The van der Waals surface area contributed by atoms with Gasteiger partial charge in [0.15, 0.2) is 0 Å². The van der Waals surface area contributed by atoms with Gasteiger partial charge in [0.2, 0.25) is 0 Å². The minimum atomic E-state index is -1.37. The minimum absolute atomic E-state index is 0. The Morgan fingerprint density at radius 2 is 0.727 bits per heavy atom. The van der Waals surface area contributed by atoms with E-state index in [-0.39, 0.29) is 40.0 Å².